The molecular formula is C27H24Cl2N2O5S. The summed E-state index contributed by atoms with van der Waals surface area (Å²) in [7, 11) is -3.13. The Bertz CT molecular complexity index is 1550. The number of fused-ring (bicyclic) bond motifs is 2. The Hall–Kier alpha value is -2.94. The molecule has 1 aromatic heterocycles. The number of rotatable bonds is 5. The highest BCUT2D eigenvalue weighted by Crippen LogP contribution is 2.37. The second-order valence-corrected chi connectivity index (χ2v) is 12.3. The van der Waals surface area contributed by atoms with E-state index in [1.165, 1.54) is 0 Å². The van der Waals surface area contributed by atoms with Crippen LogP contribution in [0.3, 0.4) is 0 Å². The lowest BCUT2D eigenvalue weighted by Crippen LogP contribution is -2.38. The molecule has 10 heteroatoms. The lowest BCUT2D eigenvalue weighted by atomic mass is 9.86. The Morgan fingerprint density at radius 1 is 1.11 bits per heavy atom. The van der Waals surface area contributed by atoms with Crippen LogP contribution in [0.15, 0.2) is 42.5 Å². The highest BCUT2D eigenvalue weighted by atomic mass is 35.5. The minimum absolute atomic E-state index is 0.0466. The number of allylic oxidation sites excluding steroid dienone is 1. The number of hydrogen-bond donors (Lipinski definition) is 1. The van der Waals surface area contributed by atoms with Gasteiger partial charge in [0.05, 0.1) is 38.3 Å². The number of benzene rings is 2. The average molecular weight is 559 g/mol. The van der Waals surface area contributed by atoms with Crippen molar-refractivity contribution < 1.29 is 22.7 Å². The maximum absolute atomic E-state index is 13.3. The molecule has 2 aromatic carbocycles. The monoisotopic (exact) mass is 558 g/mol. The first-order valence-corrected chi connectivity index (χ1v) is 14.5. The molecule has 0 saturated carbocycles. The van der Waals surface area contributed by atoms with Crippen molar-refractivity contribution in [2.45, 2.75) is 31.7 Å². The number of halogens is 2. The zero-order valence-corrected chi connectivity index (χ0v) is 22.1. The minimum Gasteiger partial charge on any atom is -0.452 e. The normalized spacial score (nSPS) is 19.5. The molecule has 3 aromatic rings. The summed E-state index contributed by atoms with van der Waals surface area (Å²) in [6.45, 7) is -0.493. The summed E-state index contributed by atoms with van der Waals surface area (Å²) in [5.41, 5.74) is 4.40. The molecule has 0 bridgehead atoms. The third-order valence-corrected chi connectivity index (χ3v) is 9.10. The molecule has 192 valence electrons. The van der Waals surface area contributed by atoms with Crippen LogP contribution in [-0.4, -0.2) is 49.4 Å². The van der Waals surface area contributed by atoms with E-state index < -0.39 is 34.4 Å². The maximum Gasteiger partial charge on any atom is 0.339 e. The third-order valence-electron chi connectivity index (χ3n) is 6.59. The Morgan fingerprint density at radius 2 is 1.92 bits per heavy atom. The van der Waals surface area contributed by atoms with E-state index in [4.69, 9.17) is 32.9 Å². The number of aromatic nitrogens is 1. The summed E-state index contributed by atoms with van der Waals surface area (Å²) in [5.74, 6) is -1.18. The molecule has 1 amide bonds. The van der Waals surface area contributed by atoms with E-state index in [2.05, 4.69) is 5.32 Å². The van der Waals surface area contributed by atoms with Gasteiger partial charge >= 0.3 is 5.97 Å². The summed E-state index contributed by atoms with van der Waals surface area (Å²) >= 11 is 12.3. The van der Waals surface area contributed by atoms with Gasteiger partial charge in [-0.25, -0.2) is 18.2 Å². The van der Waals surface area contributed by atoms with Gasteiger partial charge in [-0.05, 0) is 66.7 Å². The second-order valence-electron chi connectivity index (χ2n) is 9.27. The van der Waals surface area contributed by atoms with E-state index in [9.17, 15) is 18.0 Å². The molecule has 0 spiro atoms. The molecule has 1 N–H and O–H groups in total. The molecule has 0 unspecified atom stereocenters. The highest BCUT2D eigenvalue weighted by Gasteiger charge is 2.30. The molecule has 1 atom stereocenters. The van der Waals surface area contributed by atoms with Crippen LogP contribution in [0.4, 0.5) is 0 Å². The molecule has 2 heterocycles. The van der Waals surface area contributed by atoms with Crippen molar-refractivity contribution in [1.29, 1.82) is 0 Å². The van der Waals surface area contributed by atoms with Gasteiger partial charge in [0.25, 0.3) is 5.91 Å². The number of carbonyl (C=O) groups is 2. The fourth-order valence-corrected chi connectivity index (χ4v) is 6.87. The summed E-state index contributed by atoms with van der Waals surface area (Å²) in [6.07, 6.45) is 4.60. The molecule has 1 saturated heterocycles. The van der Waals surface area contributed by atoms with E-state index in [1.807, 2.05) is 36.4 Å². The van der Waals surface area contributed by atoms with Gasteiger partial charge in [0.15, 0.2) is 16.4 Å². The number of amides is 1. The SMILES string of the molecule is O=C(COC(=O)c1c2c(nc3ccccc13)/C(=C\c1ccc(Cl)c(Cl)c1)CCC2)N[C@@H]1CCS(=O)(=O)C1. The van der Waals surface area contributed by atoms with Crippen molar-refractivity contribution in [2.75, 3.05) is 18.1 Å². The minimum atomic E-state index is -3.13. The lowest BCUT2D eigenvalue weighted by Gasteiger charge is -2.22. The van der Waals surface area contributed by atoms with Crippen molar-refractivity contribution in [1.82, 2.24) is 10.3 Å². The van der Waals surface area contributed by atoms with Gasteiger partial charge in [-0.1, -0.05) is 47.5 Å². The molecule has 5 rings (SSSR count). The molecule has 1 aliphatic carbocycles. The van der Waals surface area contributed by atoms with Crippen LogP contribution < -0.4 is 5.32 Å². The number of sulfone groups is 1. The number of pyridine rings is 1. The van der Waals surface area contributed by atoms with Crippen LogP contribution in [0.5, 0.6) is 0 Å². The van der Waals surface area contributed by atoms with Crippen molar-refractivity contribution in [2.24, 2.45) is 0 Å². The van der Waals surface area contributed by atoms with E-state index in [0.717, 1.165) is 35.2 Å². The third kappa shape index (κ3) is 5.66. The number of ether oxygens (including phenoxy) is 1. The number of para-hydroxylation sites is 1. The van der Waals surface area contributed by atoms with Crippen molar-refractivity contribution >= 4 is 67.5 Å². The van der Waals surface area contributed by atoms with Gasteiger partial charge in [-0.15, -0.1) is 0 Å². The van der Waals surface area contributed by atoms with Gasteiger partial charge in [-0.3, -0.25) is 4.79 Å². The largest absolute Gasteiger partial charge is 0.452 e. The molecule has 37 heavy (non-hydrogen) atoms. The number of hydrogen-bond acceptors (Lipinski definition) is 6. The van der Waals surface area contributed by atoms with Crippen molar-refractivity contribution in [3.63, 3.8) is 0 Å². The molecular weight excluding hydrogens is 535 g/mol. The summed E-state index contributed by atoms with van der Waals surface area (Å²) in [4.78, 5) is 30.6. The van der Waals surface area contributed by atoms with E-state index >= 15 is 0 Å². The molecule has 1 aliphatic heterocycles. The summed E-state index contributed by atoms with van der Waals surface area (Å²) < 4.78 is 28.7. The fraction of sp³-hybridized carbons (Fsp3) is 0.296. The Morgan fingerprint density at radius 3 is 2.68 bits per heavy atom. The zero-order valence-electron chi connectivity index (χ0n) is 19.8. The first kappa shape index (κ1) is 25.7. The molecule has 7 nitrogen and oxygen atoms in total. The fourth-order valence-electron chi connectivity index (χ4n) is 4.89. The highest BCUT2D eigenvalue weighted by molar-refractivity contribution is 7.91. The van der Waals surface area contributed by atoms with E-state index in [0.29, 0.717) is 39.4 Å². The Balaban J connectivity index is 1.44. The second kappa shape index (κ2) is 10.4. The van der Waals surface area contributed by atoms with Crippen molar-refractivity contribution in [3.05, 3.63) is 74.9 Å². The van der Waals surface area contributed by atoms with Crippen LogP contribution in [0.25, 0.3) is 22.6 Å². The zero-order chi connectivity index (χ0) is 26.2. The Labute approximate surface area is 224 Å². The predicted octanol–water partition coefficient (Wildman–Crippen LogP) is 4.88. The van der Waals surface area contributed by atoms with Crippen molar-refractivity contribution in [3.8, 4) is 0 Å². The van der Waals surface area contributed by atoms with E-state index in [-0.39, 0.29) is 11.5 Å². The first-order chi connectivity index (χ1) is 17.7. The lowest BCUT2D eigenvalue weighted by molar-refractivity contribution is -0.124. The Kier molecular flexibility index (Phi) is 7.25. The van der Waals surface area contributed by atoms with Gasteiger partial charge in [0.1, 0.15) is 0 Å². The summed E-state index contributed by atoms with van der Waals surface area (Å²) in [6, 6.07) is 12.3. The molecule has 2 aliphatic rings. The number of nitrogens with one attached hydrogen (secondary N) is 1. The first-order valence-electron chi connectivity index (χ1n) is 11.9. The quantitative estimate of drug-likeness (QED) is 0.448. The predicted molar refractivity (Wildman–Crippen MR) is 144 cm³/mol. The number of carbonyl (C=O) groups excluding carboxylic acids is 2. The van der Waals surface area contributed by atoms with Gasteiger partial charge in [0, 0.05) is 11.4 Å². The van der Waals surface area contributed by atoms with Gasteiger partial charge < -0.3 is 10.1 Å². The van der Waals surface area contributed by atoms with Crippen LogP contribution >= 0.6 is 23.2 Å². The maximum atomic E-state index is 13.3. The van der Waals surface area contributed by atoms with Crippen LogP contribution in [0.1, 0.15) is 46.4 Å². The van der Waals surface area contributed by atoms with Crippen LogP contribution in [-0.2, 0) is 25.8 Å². The number of esters is 1. The van der Waals surface area contributed by atoms with E-state index in [1.54, 1.807) is 12.1 Å². The molecule has 0 radical (unpaired) electrons. The van der Waals surface area contributed by atoms with Crippen LogP contribution in [0, 0.1) is 0 Å². The summed E-state index contributed by atoms with van der Waals surface area (Å²) in [5, 5.41) is 4.23. The van der Waals surface area contributed by atoms with Gasteiger partial charge in [0.2, 0.25) is 0 Å². The smallest absolute Gasteiger partial charge is 0.339 e. The van der Waals surface area contributed by atoms with Crippen LogP contribution in [0.2, 0.25) is 10.0 Å². The van der Waals surface area contributed by atoms with Gasteiger partial charge in [-0.2, -0.15) is 0 Å². The molecule has 1 fully saturated rings. The average Bonchev–Trinajstić information content (AvgIpc) is 3.21. The topological polar surface area (TPSA) is 102 Å². The standard InChI is InChI=1S/C27H24Cl2N2O5S/c28-21-9-8-16(13-22(21)29)12-17-4-3-6-20-25(19-5-1-2-7-23(19)31-26(17)20)27(33)36-14-24(32)30-18-10-11-37(34,35)15-18/h1-2,5,7-9,12-13,18H,3-4,6,10-11,14-15H2,(H,30,32)/b17-12-/t18-/m1/s1. The number of nitrogens with zero attached hydrogens (tertiary/aromatic N) is 1.